The Morgan fingerprint density at radius 2 is 1.71 bits per heavy atom. The summed E-state index contributed by atoms with van der Waals surface area (Å²) >= 11 is 0. The van der Waals surface area contributed by atoms with Crippen molar-refractivity contribution in [2.24, 2.45) is 11.8 Å². The maximum atomic E-state index is 5.66. The summed E-state index contributed by atoms with van der Waals surface area (Å²) in [6.07, 6.45) is 4.56. The van der Waals surface area contributed by atoms with Gasteiger partial charge in [-0.15, -0.1) is 0 Å². The van der Waals surface area contributed by atoms with Gasteiger partial charge in [0.1, 0.15) is 0 Å². The molecular weight excluding hydrogens is 208 g/mol. The van der Waals surface area contributed by atoms with Crippen LogP contribution in [0.25, 0.3) is 0 Å². The average molecular weight is 234 g/mol. The summed E-state index contributed by atoms with van der Waals surface area (Å²) in [5.41, 5.74) is 5.73. The molecule has 0 aliphatic heterocycles. The molecule has 0 spiro atoms. The highest BCUT2D eigenvalue weighted by atomic mass is 15.2. The van der Waals surface area contributed by atoms with E-state index in [0.717, 1.165) is 12.8 Å². The molecule has 17 heavy (non-hydrogen) atoms. The molecular formula is C15H26N2. The Labute approximate surface area is 106 Å². The van der Waals surface area contributed by atoms with Gasteiger partial charge in [-0.3, -0.25) is 11.3 Å². The Hall–Kier alpha value is -0.860. The van der Waals surface area contributed by atoms with Crippen molar-refractivity contribution in [2.45, 2.75) is 52.5 Å². The van der Waals surface area contributed by atoms with Gasteiger partial charge in [0.25, 0.3) is 0 Å². The topological polar surface area (TPSA) is 38.0 Å². The molecule has 2 nitrogen and oxygen atoms in total. The quantitative estimate of drug-likeness (QED) is 0.562. The molecule has 0 aliphatic rings. The van der Waals surface area contributed by atoms with Gasteiger partial charge in [0.05, 0.1) is 0 Å². The third kappa shape index (κ3) is 4.49. The van der Waals surface area contributed by atoms with Crippen LogP contribution in [0, 0.1) is 5.92 Å². The second-order valence-corrected chi connectivity index (χ2v) is 4.91. The van der Waals surface area contributed by atoms with Crippen molar-refractivity contribution in [3.05, 3.63) is 35.4 Å². The zero-order valence-corrected chi connectivity index (χ0v) is 11.4. The van der Waals surface area contributed by atoms with Gasteiger partial charge in [-0.2, -0.15) is 0 Å². The number of benzene rings is 1. The zero-order chi connectivity index (χ0) is 12.7. The Bertz CT molecular complexity index is 305. The Kier molecular flexibility index (Phi) is 6.23. The molecule has 0 amide bonds. The summed E-state index contributed by atoms with van der Waals surface area (Å²) < 4.78 is 0. The average Bonchev–Trinajstić information content (AvgIpc) is 2.37. The van der Waals surface area contributed by atoms with E-state index in [2.05, 4.69) is 50.5 Å². The summed E-state index contributed by atoms with van der Waals surface area (Å²) in [4.78, 5) is 0. The second kappa shape index (κ2) is 7.46. The van der Waals surface area contributed by atoms with E-state index < -0.39 is 0 Å². The van der Waals surface area contributed by atoms with Crippen molar-refractivity contribution in [2.75, 3.05) is 0 Å². The number of rotatable bonds is 7. The molecule has 0 bridgehead atoms. The first-order valence-corrected chi connectivity index (χ1v) is 6.75. The number of hydrogen-bond acceptors (Lipinski definition) is 2. The minimum Gasteiger partial charge on any atom is -0.271 e. The molecule has 0 aliphatic carbocycles. The fourth-order valence-electron chi connectivity index (χ4n) is 2.25. The fraction of sp³-hybridized carbons (Fsp3) is 0.600. The molecule has 0 saturated carbocycles. The van der Waals surface area contributed by atoms with E-state index in [-0.39, 0.29) is 0 Å². The van der Waals surface area contributed by atoms with E-state index in [9.17, 15) is 0 Å². The lowest BCUT2D eigenvalue weighted by Crippen LogP contribution is -2.41. The summed E-state index contributed by atoms with van der Waals surface area (Å²) in [5, 5.41) is 0. The smallest absolute Gasteiger partial charge is 0.0276 e. The van der Waals surface area contributed by atoms with Gasteiger partial charge in [0, 0.05) is 6.04 Å². The van der Waals surface area contributed by atoms with Crippen LogP contribution in [0.4, 0.5) is 0 Å². The Balaban J connectivity index is 2.60. The van der Waals surface area contributed by atoms with Crippen LogP contribution in [0.2, 0.25) is 0 Å². The highest BCUT2D eigenvalue weighted by Gasteiger charge is 2.15. The Morgan fingerprint density at radius 1 is 1.12 bits per heavy atom. The van der Waals surface area contributed by atoms with Gasteiger partial charge in [-0.1, -0.05) is 51.5 Å². The largest absolute Gasteiger partial charge is 0.271 e. The lowest BCUT2D eigenvalue weighted by atomic mass is 9.92. The summed E-state index contributed by atoms with van der Waals surface area (Å²) in [6.45, 7) is 6.68. The molecule has 2 atom stereocenters. The van der Waals surface area contributed by atoms with Gasteiger partial charge in [0.2, 0.25) is 0 Å². The van der Waals surface area contributed by atoms with Crippen molar-refractivity contribution < 1.29 is 0 Å². The minimum absolute atomic E-state index is 0.377. The standard InChI is InChI=1S/C15H26N2/c1-4-6-12(3)15(17-16)11-14-9-7-13(5-2)8-10-14/h7-10,12,15,17H,4-6,11,16H2,1-3H3. The van der Waals surface area contributed by atoms with E-state index in [4.69, 9.17) is 5.84 Å². The van der Waals surface area contributed by atoms with Crippen LogP contribution in [0.5, 0.6) is 0 Å². The maximum Gasteiger partial charge on any atom is 0.0276 e. The maximum absolute atomic E-state index is 5.66. The fourth-order valence-corrected chi connectivity index (χ4v) is 2.25. The van der Waals surface area contributed by atoms with Crippen molar-refractivity contribution in [3.8, 4) is 0 Å². The van der Waals surface area contributed by atoms with Crippen molar-refractivity contribution in [3.63, 3.8) is 0 Å². The van der Waals surface area contributed by atoms with Crippen LogP contribution in [-0.4, -0.2) is 6.04 Å². The molecule has 0 saturated heterocycles. The van der Waals surface area contributed by atoms with Crippen molar-refractivity contribution >= 4 is 0 Å². The van der Waals surface area contributed by atoms with Crippen LogP contribution in [0.1, 0.15) is 44.7 Å². The molecule has 2 unspecified atom stereocenters. The first-order valence-electron chi connectivity index (χ1n) is 6.75. The number of nitrogens with one attached hydrogen (secondary N) is 1. The van der Waals surface area contributed by atoms with E-state index in [1.54, 1.807) is 0 Å². The van der Waals surface area contributed by atoms with Crippen LogP contribution in [0.15, 0.2) is 24.3 Å². The van der Waals surface area contributed by atoms with E-state index >= 15 is 0 Å². The predicted octanol–water partition coefficient (Wildman–Crippen LogP) is 3.06. The van der Waals surface area contributed by atoms with Crippen LogP contribution in [-0.2, 0) is 12.8 Å². The predicted molar refractivity (Wildman–Crippen MR) is 74.7 cm³/mol. The van der Waals surface area contributed by atoms with Gasteiger partial charge in [-0.25, -0.2) is 0 Å². The highest BCUT2D eigenvalue weighted by molar-refractivity contribution is 5.23. The highest BCUT2D eigenvalue weighted by Crippen LogP contribution is 2.15. The molecule has 0 radical (unpaired) electrons. The lowest BCUT2D eigenvalue weighted by Gasteiger charge is -2.23. The molecule has 1 aromatic carbocycles. The first-order chi connectivity index (χ1) is 8.21. The van der Waals surface area contributed by atoms with E-state index in [0.29, 0.717) is 12.0 Å². The number of aryl methyl sites for hydroxylation is 1. The zero-order valence-electron chi connectivity index (χ0n) is 11.4. The molecule has 0 heterocycles. The molecule has 96 valence electrons. The molecule has 2 heteroatoms. The molecule has 0 aromatic heterocycles. The second-order valence-electron chi connectivity index (χ2n) is 4.91. The van der Waals surface area contributed by atoms with Gasteiger partial charge < -0.3 is 0 Å². The third-order valence-corrected chi connectivity index (χ3v) is 3.53. The number of hydrazine groups is 1. The lowest BCUT2D eigenvalue weighted by molar-refractivity contribution is 0.357. The molecule has 1 rings (SSSR count). The molecule has 3 N–H and O–H groups in total. The molecule has 1 aromatic rings. The van der Waals surface area contributed by atoms with Crippen LogP contribution >= 0.6 is 0 Å². The normalized spacial score (nSPS) is 14.6. The van der Waals surface area contributed by atoms with Crippen LogP contribution in [0.3, 0.4) is 0 Å². The molecule has 0 fully saturated rings. The minimum atomic E-state index is 0.377. The van der Waals surface area contributed by atoms with Gasteiger partial charge in [-0.05, 0) is 36.3 Å². The third-order valence-electron chi connectivity index (χ3n) is 3.53. The Morgan fingerprint density at radius 3 is 2.18 bits per heavy atom. The van der Waals surface area contributed by atoms with Crippen molar-refractivity contribution in [1.82, 2.24) is 5.43 Å². The summed E-state index contributed by atoms with van der Waals surface area (Å²) in [7, 11) is 0. The number of nitrogens with two attached hydrogens (primary N) is 1. The van der Waals surface area contributed by atoms with Gasteiger partial charge in [0.15, 0.2) is 0 Å². The summed E-state index contributed by atoms with van der Waals surface area (Å²) in [5.74, 6) is 6.28. The van der Waals surface area contributed by atoms with Crippen LogP contribution < -0.4 is 11.3 Å². The van der Waals surface area contributed by atoms with E-state index in [1.165, 1.54) is 24.0 Å². The first kappa shape index (κ1) is 14.2. The monoisotopic (exact) mass is 234 g/mol. The summed E-state index contributed by atoms with van der Waals surface area (Å²) in [6, 6.07) is 9.26. The van der Waals surface area contributed by atoms with Gasteiger partial charge >= 0.3 is 0 Å². The SMILES string of the molecule is CCCC(C)C(Cc1ccc(CC)cc1)NN. The number of hydrogen-bond donors (Lipinski definition) is 2. The van der Waals surface area contributed by atoms with Crippen molar-refractivity contribution in [1.29, 1.82) is 0 Å². The van der Waals surface area contributed by atoms with E-state index in [1.807, 2.05) is 0 Å².